The van der Waals surface area contributed by atoms with Crippen molar-refractivity contribution in [3.8, 4) is 0 Å². The quantitative estimate of drug-likeness (QED) is 0.274. The lowest BCUT2D eigenvalue weighted by Gasteiger charge is -2.36. The SMILES string of the molecule is CCC(=O)N[C@H](Cc1ccc(NC(=O)[C@H](c2cc(C(N)=O)n(C)n2)C2CCCCC2)cc1)C(=O)N1CCN(Cc2ccccn2)CC1. The Bertz CT molecular complexity index is 1530. The summed E-state index contributed by atoms with van der Waals surface area (Å²) in [5, 5.41) is 10.5. The number of rotatable bonds is 12. The van der Waals surface area contributed by atoms with Gasteiger partial charge in [0, 0.05) is 64.5 Å². The van der Waals surface area contributed by atoms with Crippen LogP contribution in [0.4, 0.5) is 5.69 Å². The number of hydrogen-bond donors (Lipinski definition) is 3. The number of aryl methyl sites for hydroxylation is 1. The third-order valence-electron chi connectivity index (χ3n) is 9.28. The van der Waals surface area contributed by atoms with Crippen molar-refractivity contribution in [1.29, 1.82) is 0 Å². The molecule has 0 bridgehead atoms. The Kier molecular flexibility index (Phi) is 11.4. The van der Waals surface area contributed by atoms with E-state index in [0.29, 0.717) is 30.9 Å². The van der Waals surface area contributed by atoms with Crippen molar-refractivity contribution in [1.82, 2.24) is 29.9 Å². The number of amides is 4. The van der Waals surface area contributed by atoms with Crippen LogP contribution in [-0.2, 0) is 34.4 Å². The number of nitrogens with two attached hydrogens (primary N) is 1. The number of anilines is 1. The summed E-state index contributed by atoms with van der Waals surface area (Å²) in [7, 11) is 1.66. The number of carbonyl (C=O) groups is 4. The summed E-state index contributed by atoms with van der Waals surface area (Å²) < 4.78 is 1.44. The smallest absolute Gasteiger partial charge is 0.266 e. The fourth-order valence-electron chi connectivity index (χ4n) is 6.67. The predicted octanol–water partition coefficient (Wildman–Crippen LogP) is 3.00. The van der Waals surface area contributed by atoms with E-state index in [1.54, 1.807) is 26.2 Å². The maximum absolute atomic E-state index is 13.7. The number of nitrogens with one attached hydrogen (secondary N) is 2. The van der Waals surface area contributed by atoms with Crippen molar-refractivity contribution in [2.24, 2.45) is 18.7 Å². The van der Waals surface area contributed by atoms with Crippen LogP contribution in [0.3, 0.4) is 0 Å². The number of primary amides is 1. The zero-order valence-corrected chi connectivity index (χ0v) is 27.4. The normalized spacial score (nSPS) is 17.1. The van der Waals surface area contributed by atoms with Crippen LogP contribution in [0.25, 0.3) is 0 Å². The van der Waals surface area contributed by atoms with Gasteiger partial charge in [-0.05, 0) is 54.7 Å². The molecule has 2 aliphatic rings. The summed E-state index contributed by atoms with van der Waals surface area (Å²) in [4.78, 5) is 60.2. The summed E-state index contributed by atoms with van der Waals surface area (Å²) in [5.41, 5.74) is 8.83. The van der Waals surface area contributed by atoms with Crippen LogP contribution < -0.4 is 16.4 Å². The number of nitrogens with zero attached hydrogens (tertiary/aromatic N) is 5. The van der Waals surface area contributed by atoms with Crippen molar-refractivity contribution in [3.05, 3.63) is 77.4 Å². The topological polar surface area (TPSA) is 156 Å². The standard InChI is InChI=1S/C35H46N8O4/c1-3-31(44)39-29(35(47)43-19-17-42(18-20-43)23-27-11-7-8-16-37-27)21-24-12-14-26(15-13-24)38-34(46)32(25-9-5-4-6-10-25)28-22-30(33(36)45)41(2)40-28/h7-8,11-16,22,25,29,32H,3-6,9-10,17-21,23H2,1-2H3,(H2,36,45)(H,38,46)(H,39,44)/t29-,32+/m1/s1. The second kappa shape index (κ2) is 15.8. The fraction of sp³-hybridized carbons (Fsp3) is 0.486. The fourth-order valence-corrected chi connectivity index (χ4v) is 6.67. The lowest BCUT2D eigenvalue weighted by molar-refractivity contribution is -0.138. The first kappa shape index (κ1) is 33.8. The Morgan fingerprint density at radius 3 is 2.32 bits per heavy atom. The molecule has 2 fully saturated rings. The molecule has 1 aliphatic carbocycles. The highest BCUT2D eigenvalue weighted by atomic mass is 16.2. The van der Waals surface area contributed by atoms with Crippen molar-refractivity contribution in [2.75, 3.05) is 31.5 Å². The molecule has 4 N–H and O–H groups in total. The first-order chi connectivity index (χ1) is 22.7. The number of piperazine rings is 1. The molecule has 0 radical (unpaired) electrons. The van der Waals surface area contributed by atoms with Crippen molar-refractivity contribution in [3.63, 3.8) is 0 Å². The van der Waals surface area contributed by atoms with Crippen LogP contribution in [0.15, 0.2) is 54.7 Å². The predicted molar refractivity (Wildman–Crippen MR) is 178 cm³/mol. The summed E-state index contributed by atoms with van der Waals surface area (Å²) >= 11 is 0. The van der Waals surface area contributed by atoms with Gasteiger partial charge in [0.1, 0.15) is 11.7 Å². The summed E-state index contributed by atoms with van der Waals surface area (Å²) in [6.07, 6.45) is 7.48. The molecule has 2 atom stereocenters. The van der Waals surface area contributed by atoms with Crippen molar-refractivity contribution < 1.29 is 19.2 Å². The molecule has 47 heavy (non-hydrogen) atoms. The average molecular weight is 643 g/mol. The van der Waals surface area contributed by atoms with Gasteiger partial charge in [0.2, 0.25) is 17.7 Å². The Morgan fingerprint density at radius 1 is 0.979 bits per heavy atom. The van der Waals surface area contributed by atoms with Crippen molar-refractivity contribution >= 4 is 29.3 Å². The van der Waals surface area contributed by atoms with E-state index in [-0.39, 0.29) is 35.8 Å². The van der Waals surface area contributed by atoms with Gasteiger partial charge in [-0.2, -0.15) is 5.10 Å². The molecule has 12 heteroatoms. The molecule has 12 nitrogen and oxygen atoms in total. The Labute approximate surface area is 276 Å². The molecule has 0 unspecified atom stereocenters. The van der Waals surface area contributed by atoms with Gasteiger partial charge in [0.15, 0.2) is 0 Å². The monoisotopic (exact) mass is 642 g/mol. The van der Waals surface area contributed by atoms with Crippen LogP contribution in [0.1, 0.15) is 78.8 Å². The van der Waals surface area contributed by atoms with E-state index in [4.69, 9.17) is 5.73 Å². The number of aromatic nitrogens is 3. The highest BCUT2D eigenvalue weighted by molar-refractivity contribution is 5.97. The number of carbonyl (C=O) groups excluding carboxylic acids is 4. The molecule has 2 aromatic heterocycles. The van der Waals surface area contributed by atoms with Gasteiger partial charge in [-0.1, -0.05) is 44.4 Å². The number of hydrogen-bond acceptors (Lipinski definition) is 7. The van der Waals surface area contributed by atoms with E-state index in [1.165, 1.54) is 4.68 Å². The van der Waals surface area contributed by atoms with Crippen LogP contribution in [-0.4, -0.2) is 80.4 Å². The molecule has 4 amide bonds. The van der Waals surface area contributed by atoms with Gasteiger partial charge in [0.05, 0.1) is 17.3 Å². The van der Waals surface area contributed by atoms with E-state index in [0.717, 1.165) is 63.0 Å². The zero-order chi connectivity index (χ0) is 33.3. The minimum absolute atomic E-state index is 0.0947. The van der Waals surface area contributed by atoms with Gasteiger partial charge in [0.25, 0.3) is 5.91 Å². The number of pyridine rings is 1. The molecule has 1 saturated heterocycles. The lowest BCUT2D eigenvalue weighted by Crippen LogP contribution is -2.55. The minimum atomic E-state index is -0.690. The summed E-state index contributed by atoms with van der Waals surface area (Å²) in [6, 6.07) is 14.2. The van der Waals surface area contributed by atoms with Gasteiger partial charge in [-0.3, -0.25) is 33.7 Å². The Balaban J connectivity index is 1.23. The van der Waals surface area contributed by atoms with Crippen LogP contribution in [0.2, 0.25) is 0 Å². The molecule has 1 aromatic carbocycles. The van der Waals surface area contributed by atoms with E-state index >= 15 is 0 Å². The second-order valence-corrected chi connectivity index (χ2v) is 12.6. The zero-order valence-electron chi connectivity index (χ0n) is 27.4. The maximum Gasteiger partial charge on any atom is 0.266 e. The Hall–Kier alpha value is -4.58. The van der Waals surface area contributed by atoms with Crippen LogP contribution in [0.5, 0.6) is 0 Å². The first-order valence-corrected chi connectivity index (χ1v) is 16.7. The summed E-state index contributed by atoms with van der Waals surface area (Å²) in [5.74, 6) is -1.43. The van der Waals surface area contributed by atoms with E-state index in [1.807, 2.05) is 47.4 Å². The molecular formula is C35H46N8O4. The van der Waals surface area contributed by atoms with Crippen LogP contribution in [0, 0.1) is 5.92 Å². The molecule has 250 valence electrons. The molecule has 1 saturated carbocycles. The minimum Gasteiger partial charge on any atom is -0.364 e. The highest BCUT2D eigenvalue weighted by Gasteiger charge is 2.34. The van der Waals surface area contributed by atoms with Crippen molar-refractivity contribution in [2.45, 2.75) is 70.4 Å². The molecule has 3 aromatic rings. The average Bonchev–Trinajstić information content (AvgIpc) is 3.47. The third kappa shape index (κ3) is 8.82. The highest BCUT2D eigenvalue weighted by Crippen LogP contribution is 2.36. The number of benzene rings is 1. The first-order valence-electron chi connectivity index (χ1n) is 16.7. The van der Waals surface area contributed by atoms with Gasteiger partial charge in [-0.25, -0.2) is 0 Å². The molecule has 0 spiro atoms. The molecule has 5 rings (SSSR count). The largest absolute Gasteiger partial charge is 0.364 e. The lowest BCUT2D eigenvalue weighted by atomic mass is 9.78. The van der Waals surface area contributed by atoms with Gasteiger partial charge < -0.3 is 21.3 Å². The van der Waals surface area contributed by atoms with Crippen LogP contribution >= 0.6 is 0 Å². The summed E-state index contributed by atoms with van der Waals surface area (Å²) in [6.45, 7) is 5.12. The van der Waals surface area contributed by atoms with Gasteiger partial charge in [-0.15, -0.1) is 0 Å². The van der Waals surface area contributed by atoms with E-state index < -0.39 is 17.9 Å². The maximum atomic E-state index is 13.7. The second-order valence-electron chi connectivity index (χ2n) is 12.6. The van der Waals surface area contributed by atoms with E-state index in [2.05, 4.69) is 25.6 Å². The third-order valence-corrected chi connectivity index (χ3v) is 9.28. The molecule has 3 heterocycles. The molecular weight excluding hydrogens is 596 g/mol. The molecule has 1 aliphatic heterocycles. The Morgan fingerprint density at radius 2 is 1.70 bits per heavy atom. The van der Waals surface area contributed by atoms with E-state index in [9.17, 15) is 19.2 Å². The van der Waals surface area contributed by atoms with Gasteiger partial charge >= 0.3 is 0 Å².